The number of esters is 1. The van der Waals surface area contributed by atoms with E-state index in [1.54, 1.807) is 25.1 Å². The highest BCUT2D eigenvalue weighted by Gasteiger charge is 2.21. The van der Waals surface area contributed by atoms with Crippen molar-refractivity contribution in [2.75, 3.05) is 13.7 Å². The maximum absolute atomic E-state index is 12.8. The molecule has 1 aromatic heterocycles. The second-order valence-corrected chi connectivity index (χ2v) is 7.92. The first-order chi connectivity index (χ1) is 14.7. The zero-order valence-electron chi connectivity index (χ0n) is 16.2. The Bertz CT molecular complexity index is 1290. The topological polar surface area (TPSA) is 126 Å². The molecule has 0 aliphatic heterocycles. The molecule has 0 bridgehead atoms. The molecule has 3 rings (SSSR count). The van der Waals surface area contributed by atoms with E-state index >= 15 is 0 Å². The van der Waals surface area contributed by atoms with Gasteiger partial charge in [-0.05, 0) is 47.1 Å². The molecular weight excluding hydrogens is 540 g/mol. The Balaban J connectivity index is 2.02. The van der Waals surface area contributed by atoms with Gasteiger partial charge in [0.1, 0.15) is 5.82 Å². The number of ether oxygens (including phenoxy) is 2. The summed E-state index contributed by atoms with van der Waals surface area (Å²) < 4.78 is 11.8. The summed E-state index contributed by atoms with van der Waals surface area (Å²) in [5.74, 6) is -0.460. The SMILES string of the molecule is COC(=O)COc1c(Br)cc(C=Nn2c(C)nc3ccc(Br)cc3c2=O)cc1[N+](=O)[O-]. The van der Waals surface area contributed by atoms with E-state index in [0.29, 0.717) is 22.3 Å². The lowest BCUT2D eigenvalue weighted by atomic mass is 10.2. The summed E-state index contributed by atoms with van der Waals surface area (Å²) in [6, 6.07) is 7.86. The van der Waals surface area contributed by atoms with Gasteiger partial charge in [-0.25, -0.2) is 9.78 Å². The Morgan fingerprint density at radius 2 is 2.06 bits per heavy atom. The van der Waals surface area contributed by atoms with Crippen LogP contribution in [-0.4, -0.2) is 40.5 Å². The van der Waals surface area contributed by atoms with Crippen LogP contribution < -0.4 is 10.3 Å². The number of carbonyl (C=O) groups is 1. The number of hydrogen-bond acceptors (Lipinski definition) is 8. The maximum atomic E-state index is 12.8. The van der Waals surface area contributed by atoms with Gasteiger partial charge in [0.2, 0.25) is 5.75 Å². The van der Waals surface area contributed by atoms with E-state index in [1.165, 1.54) is 25.5 Å². The van der Waals surface area contributed by atoms with Crippen LogP contribution in [0.25, 0.3) is 10.9 Å². The van der Waals surface area contributed by atoms with Crippen molar-refractivity contribution < 1.29 is 19.2 Å². The van der Waals surface area contributed by atoms with E-state index < -0.39 is 17.5 Å². The van der Waals surface area contributed by atoms with Gasteiger partial charge in [0.05, 0.1) is 33.6 Å². The van der Waals surface area contributed by atoms with Crippen molar-refractivity contribution in [3.8, 4) is 5.75 Å². The van der Waals surface area contributed by atoms with Crippen molar-refractivity contribution in [3.05, 3.63) is 71.1 Å². The predicted octanol–water partition coefficient (Wildman–Crippen LogP) is 3.57. The number of benzene rings is 2. The van der Waals surface area contributed by atoms with Crippen molar-refractivity contribution in [1.82, 2.24) is 9.66 Å². The van der Waals surface area contributed by atoms with Crippen LogP contribution in [0.5, 0.6) is 5.75 Å². The fourth-order valence-corrected chi connectivity index (χ4v) is 3.61. The average molecular weight is 554 g/mol. The van der Waals surface area contributed by atoms with E-state index in [-0.39, 0.29) is 21.5 Å². The van der Waals surface area contributed by atoms with Gasteiger partial charge >= 0.3 is 11.7 Å². The minimum absolute atomic E-state index is 0.127. The van der Waals surface area contributed by atoms with E-state index in [1.807, 2.05) is 0 Å². The lowest BCUT2D eigenvalue weighted by molar-refractivity contribution is -0.385. The molecule has 0 N–H and O–H groups in total. The van der Waals surface area contributed by atoms with Crippen molar-refractivity contribution in [2.45, 2.75) is 6.92 Å². The van der Waals surface area contributed by atoms with Crippen LogP contribution in [0.1, 0.15) is 11.4 Å². The lowest BCUT2D eigenvalue weighted by Crippen LogP contribution is -2.20. The molecule has 160 valence electrons. The molecule has 0 spiro atoms. The average Bonchev–Trinajstić information content (AvgIpc) is 2.72. The first-order valence-corrected chi connectivity index (χ1v) is 10.2. The summed E-state index contributed by atoms with van der Waals surface area (Å²) in [6.45, 7) is 1.14. The lowest BCUT2D eigenvalue weighted by Gasteiger charge is -2.09. The van der Waals surface area contributed by atoms with Crippen molar-refractivity contribution in [3.63, 3.8) is 0 Å². The van der Waals surface area contributed by atoms with Crippen LogP contribution >= 0.6 is 31.9 Å². The number of aromatic nitrogens is 2. The number of hydrogen-bond donors (Lipinski definition) is 0. The van der Waals surface area contributed by atoms with Crippen LogP contribution in [0, 0.1) is 17.0 Å². The zero-order chi connectivity index (χ0) is 22.7. The summed E-state index contributed by atoms with van der Waals surface area (Å²) in [5, 5.41) is 16.0. The van der Waals surface area contributed by atoms with E-state index in [9.17, 15) is 19.7 Å². The fourth-order valence-electron chi connectivity index (χ4n) is 2.66. The molecule has 0 aliphatic rings. The van der Waals surface area contributed by atoms with Crippen LogP contribution in [0.15, 0.2) is 49.2 Å². The third-order valence-electron chi connectivity index (χ3n) is 4.10. The third-order valence-corrected chi connectivity index (χ3v) is 5.18. The van der Waals surface area contributed by atoms with Crippen molar-refractivity contribution >= 4 is 60.6 Å². The standard InChI is InChI=1S/C19H14Br2N4O6/c1-10-23-15-4-3-12(20)7-13(15)19(27)24(10)22-8-11-5-14(21)18(16(6-11)25(28)29)31-9-17(26)30-2/h3-8H,9H2,1-2H3. The van der Waals surface area contributed by atoms with Crippen LogP contribution in [0.2, 0.25) is 0 Å². The summed E-state index contributed by atoms with van der Waals surface area (Å²) in [4.78, 5) is 39.3. The van der Waals surface area contributed by atoms with E-state index in [4.69, 9.17) is 4.74 Å². The first kappa shape index (κ1) is 22.6. The predicted molar refractivity (Wildman–Crippen MR) is 120 cm³/mol. The number of halogens is 2. The Morgan fingerprint density at radius 3 is 2.74 bits per heavy atom. The van der Waals surface area contributed by atoms with Crippen molar-refractivity contribution in [1.29, 1.82) is 0 Å². The highest BCUT2D eigenvalue weighted by Crippen LogP contribution is 2.36. The molecule has 12 heteroatoms. The number of fused-ring (bicyclic) bond motifs is 1. The summed E-state index contributed by atoms with van der Waals surface area (Å²) in [7, 11) is 1.18. The van der Waals surface area contributed by atoms with Gasteiger partial charge in [-0.15, -0.1) is 0 Å². The number of nitro benzene ring substituents is 1. The fraction of sp³-hybridized carbons (Fsp3) is 0.158. The Hall–Kier alpha value is -3.12. The summed E-state index contributed by atoms with van der Waals surface area (Å²) in [5.41, 5.74) is 0.0864. The van der Waals surface area contributed by atoms with Crippen LogP contribution in [-0.2, 0) is 9.53 Å². The number of aryl methyl sites for hydroxylation is 1. The number of nitro groups is 1. The van der Waals surface area contributed by atoms with Gasteiger partial charge in [0, 0.05) is 16.1 Å². The largest absolute Gasteiger partial charge is 0.474 e. The third kappa shape index (κ3) is 4.97. The van der Waals surface area contributed by atoms with Gasteiger partial charge in [-0.1, -0.05) is 15.9 Å². The van der Waals surface area contributed by atoms with Gasteiger partial charge in [-0.3, -0.25) is 14.9 Å². The highest BCUT2D eigenvalue weighted by atomic mass is 79.9. The Labute approximate surface area is 191 Å². The number of nitrogens with zero attached hydrogens (tertiary/aromatic N) is 4. The second-order valence-electron chi connectivity index (χ2n) is 6.15. The highest BCUT2D eigenvalue weighted by molar-refractivity contribution is 9.10. The molecule has 0 aliphatic carbocycles. The van der Waals surface area contributed by atoms with Crippen molar-refractivity contribution in [2.24, 2.45) is 5.10 Å². The molecule has 2 aromatic carbocycles. The molecule has 0 fully saturated rings. The Kier molecular flexibility index (Phi) is 6.81. The molecule has 0 unspecified atom stereocenters. The second kappa shape index (κ2) is 9.35. The molecule has 31 heavy (non-hydrogen) atoms. The molecule has 0 atom stereocenters. The van der Waals surface area contributed by atoms with E-state index in [2.05, 4.69) is 46.7 Å². The molecule has 10 nitrogen and oxygen atoms in total. The normalized spacial score (nSPS) is 11.1. The smallest absolute Gasteiger partial charge is 0.343 e. The maximum Gasteiger partial charge on any atom is 0.343 e. The number of rotatable bonds is 6. The van der Waals surface area contributed by atoms with Crippen LogP contribution in [0.3, 0.4) is 0 Å². The molecule has 0 saturated carbocycles. The zero-order valence-corrected chi connectivity index (χ0v) is 19.3. The van der Waals surface area contributed by atoms with Gasteiger partial charge in [-0.2, -0.15) is 9.78 Å². The molecule has 3 aromatic rings. The van der Waals surface area contributed by atoms with E-state index in [0.717, 1.165) is 9.15 Å². The monoisotopic (exact) mass is 552 g/mol. The minimum Gasteiger partial charge on any atom is -0.474 e. The summed E-state index contributed by atoms with van der Waals surface area (Å²) in [6.07, 6.45) is 1.29. The van der Waals surface area contributed by atoms with Gasteiger partial charge in [0.25, 0.3) is 5.56 Å². The number of carbonyl (C=O) groups excluding carboxylic acids is 1. The quantitative estimate of drug-likeness (QED) is 0.198. The number of methoxy groups -OCH3 is 1. The molecular formula is C19H14Br2N4O6. The van der Waals surface area contributed by atoms with Crippen LogP contribution in [0.4, 0.5) is 5.69 Å². The minimum atomic E-state index is -0.683. The molecule has 0 amide bonds. The molecule has 0 radical (unpaired) electrons. The van der Waals surface area contributed by atoms with Gasteiger partial charge in [0.15, 0.2) is 6.61 Å². The first-order valence-electron chi connectivity index (χ1n) is 8.62. The van der Waals surface area contributed by atoms with Gasteiger partial charge < -0.3 is 9.47 Å². The summed E-state index contributed by atoms with van der Waals surface area (Å²) >= 11 is 6.53. The molecule has 1 heterocycles. The Morgan fingerprint density at radius 1 is 1.32 bits per heavy atom. The molecule has 0 saturated heterocycles.